The van der Waals surface area contributed by atoms with Crippen molar-refractivity contribution in [1.82, 2.24) is 4.90 Å². The van der Waals surface area contributed by atoms with Crippen LogP contribution in [-0.2, 0) is 15.0 Å². The normalized spacial score (nSPS) is 21.1. The summed E-state index contributed by atoms with van der Waals surface area (Å²) in [6.07, 6.45) is -0.852. The van der Waals surface area contributed by atoms with Gasteiger partial charge >= 0.3 is 0 Å². The number of amides is 2. The molecule has 2 atom stereocenters. The number of imide groups is 1. The molecule has 26 heavy (non-hydrogen) atoms. The van der Waals surface area contributed by atoms with Crippen LogP contribution >= 0.6 is 15.9 Å². The molecule has 0 aliphatic carbocycles. The van der Waals surface area contributed by atoms with E-state index in [1.807, 2.05) is 42.5 Å². The molecule has 1 N–H and O–H groups in total. The number of likely N-dealkylation sites (tertiary alicyclic amines) is 1. The Morgan fingerprint density at radius 2 is 1.81 bits per heavy atom. The van der Waals surface area contributed by atoms with Crippen molar-refractivity contribution in [3.63, 3.8) is 0 Å². The van der Waals surface area contributed by atoms with Crippen molar-refractivity contribution in [1.29, 1.82) is 0 Å². The molecular formula is C20H20BrNO4. The van der Waals surface area contributed by atoms with Crippen molar-refractivity contribution >= 4 is 27.7 Å². The molecule has 1 saturated heterocycles. The number of carbonyl (C=O) groups is 2. The third-order valence-corrected chi connectivity index (χ3v) is 5.11. The van der Waals surface area contributed by atoms with Crippen LogP contribution in [0.3, 0.4) is 0 Å². The fourth-order valence-electron chi connectivity index (χ4n) is 3.09. The minimum atomic E-state index is -0.949. The van der Waals surface area contributed by atoms with Crippen molar-refractivity contribution in [2.45, 2.75) is 24.9 Å². The Bertz CT molecular complexity index is 793. The maximum atomic E-state index is 12.9. The summed E-state index contributed by atoms with van der Waals surface area (Å²) in [6.45, 7) is 1.70. The molecule has 0 radical (unpaired) electrons. The van der Waals surface area contributed by atoms with Crippen LogP contribution in [0.25, 0.3) is 0 Å². The largest absolute Gasteiger partial charge is 0.491 e. The third-order valence-electron chi connectivity index (χ3n) is 4.58. The van der Waals surface area contributed by atoms with Crippen LogP contribution in [0.2, 0.25) is 0 Å². The number of hydrogen-bond donors (Lipinski definition) is 1. The number of aliphatic hydroxyl groups excluding tert-OH is 1. The number of carbonyl (C=O) groups excluding carboxylic acids is 2. The van der Waals surface area contributed by atoms with E-state index >= 15 is 0 Å². The zero-order valence-corrected chi connectivity index (χ0v) is 16.0. The first-order chi connectivity index (χ1) is 12.4. The van der Waals surface area contributed by atoms with Gasteiger partial charge in [0.05, 0.1) is 12.0 Å². The summed E-state index contributed by atoms with van der Waals surface area (Å²) in [7, 11) is 0. The third kappa shape index (κ3) is 3.81. The lowest BCUT2D eigenvalue weighted by Gasteiger charge is -2.24. The van der Waals surface area contributed by atoms with Gasteiger partial charge in [-0.05, 0) is 36.8 Å². The molecule has 1 aliphatic heterocycles. The van der Waals surface area contributed by atoms with Crippen LogP contribution in [0.5, 0.6) is 5.75 Å². The van der Waals surface area contributed by atoms with E-state index in [1.165, 1.54) is 0 Å². The van der Waals surface area contributed by atoms with Crippen molar-refractivity contribution in [2.24, 2.45) is 0 Å². The van der Waals surface area contributed by atoms with Gasteiger partial charge in [-0.3, -0.25) is 14.5 Å². The van der Waals surface area contributed by atoms with E-state index in [4.69, 9.17) is 4.74 Å². The quantitative estimate of drug-likeness (QED) is 0.733. The number of ether oxygens (including phenoxy) is 1. The summed E-state index contributed by atoms with van der Waals surface area (Å²) >= 11 is 3.37. The number of aliphatic hydroxyl groups is 1. The van der Waals surface area contributed by atoms with E-state index in [9.17, 15) is 14.7 Å². The van der Waals surface area contributed by atoms with Crippen LogP contribution < -0.4 is 4.74 Å². The fraction of sp³-hybridized carbons (Fsp3) is 0.300. The molecule has 5 nitrogen and oxygen atoms in total. The molecule has 1 aliphatic rings. The Balaban J connectivity index is 1.66. The van der Waals surface area contributed by atoms with Gasteiger partial charge in [-0.25, -0.2) is 0 Å². The lowest BCUT2D eigenvalue weighted by atomic mass is 9.81. The first-order valence-corrected chi connectivity index (χ1v) is 9.16. The van der Waals surface area contributed by atoms with Gasteiger partial charge < -0.3 is 9.84 Å². The minimum Gasteiger partial charge on any atom is -0.491 e. The van der Waals surface area contributed by atoms with Gasteiger partial charge in [-0.2, -0.15) is 0 Å². The van der Waals surface area contributed by atoms with Gasteiger partial charge in [0.15, 0.2) is 0 Å². The van der Waals surface area contributed by atoms with Crippen molar-refractivity contribution in [3.05, 3.63) is 64.6 Å². The molecule has 2 aromatic carbocycles. The monoisotopic (exact) mass is 417 g/mol. The summed E-state index contributed by atoms with van der Waals surface area (Å²) in [5.41, 5.74) is -0.116. The fourth-order valence-corrected chi connectivity index (χ4v) is 3.35. The first kappa shape index (κ1) is 18.6. The molecule has 1 fully saturated rings. The Labute approximate surface area is 160 Å². The highest BCUT2D eigenvalue weighted by molar-refractivity contribution is 9.10. The van der Waals surface area contributed by atoms with Crippen LogP contribution in [0, 0.1) is 0 Å². The number of para-hydroxylation sites is 1. The van der Waals surface area contributed by atoms with Crippen molar-refractivity contribution in [2.75, 3.05) is 13.2 Å². The van der Waals surface area contributed by atoms with Gasteiger partial charge in [0.2, 0.25) is 11.8 Å². The van der Waals surface area contributed by atoms with Crippen molar-refractivity contribution < 1.29 is 19.4 Å². The summed E-state index contributed by atoms with van der Waals surface area (Å²) in [4.78, 5) is 26.4. The topological polar surface area (TPSA) is 66.8 Å². The van der Waals surface area contributed by atoms with Crippen molar-refractivity contribution in [3.8, 4) is 5.75 Å². The lowest BCUT2D eigenvalue weighted by molar-refractivity contribution is -0.141. The van der Waals surface area contributed by atoms with Gasteiger partial charge in [-0.1, -0.05) is 46.3 Å². The molecule has 2 amide bonds. The summed E-state index contributed by atoms with van der Waals surface area (Å²) < 4.78 is 6.40. The maximum Gasteiger partial charge on any atom is 0.240 e. The highest BCUT2D eigenvalue weighted by Gasteiger charge is 2.49. The van der Waals surface area contributed by atoms with Gasteiger partial charge in [-0.15, -0.1) is 0 Å². The second-order valence-corrected chi connectivity index (χ2v) is 7.52. The SMILES string of the molecule is CC1(c2ccc(Br)cc2)CC(=O)N(CC(O)COc2ccccc2)C1=O. The van der Waals surface area contributed by atoms with Gasteiger partial charge in [0.1, 0.15) is 18.5 Å². The van der Waals surface area contributed by atoms with E-state index < -0.39 is 11.5 Å². The molecule has 6 heteroatoms. The van der Waals surface area contributed by atoms with Crippen LogP contribution in [0.4, 0.5) is 0 Å². The maximum absolute atomic E-state index is 12.9. The molecule has 0 aromatic heterocycles. The molecule has 136 valence electrons. The Morgan fingerprint density at radius 3 is 2.46 bits per heavy atom. The summed E-state index contributed by atoms with van der Waals surface area (Å²) in [5, 5.41) is 10.2. The predicted octanol–water partition coefficient (Wildman–Crippen LogP) is 2.91. The van der Waals surface area contributed by atoms with Crippen LogP contribution in [0.1, 0.15) is 18.9 Å². The predicted molar refractivity (Wildman–Crippen MR) is 101 cm³/mol. The van der Waals surface area contributed by atoms with Crippen LogP contribution in [-0.4, -0.2) is 41.1 Å². The van der Waals surface area contributed by atoms with Gasteiger partial charge in [0, 0.05) is 10.9 Å². The number of benzene rings is 2. The van der Waals surface area contributed by atoms with Crippen LogP contribution in [0.15, 0.2) is 59.1 Å². The second-order valence-electron chi connectivity index (χ2n) is 6.60. The average Bonchev–Trinajstić information content (AvgIpc) is 2.85. The number of hydrogen-bond acceptors (Lipinski definition) is 4. The highest BCUT2D eigenvalue weighted by atomic mass is 79.9. The number of halogens is 1. The smallest absolute Gasteiger partial charge is 0.240 e. The minimum absolute atomic E-state index is 0.00999. The lowest BCUT2D eigenvalue weighted by Crippen LogP contribution is -2.42. The standard InChI is InChI=1S/C20H20BrNO4/c1-20(14-7-9-15(21)10-8-14)11-18(24)22(19(20)25)12-16(23)13-26-17-5-3-2-4-6-17/h2-10,16,23H,11-13H2,1H3. The van der Waals surface area contributed by atoms with E-state index in [-0.39, 0.29) is 31.4 Å². The Morgan fingerprint density at radius 1 is 1.15 bits per heavy atom. The van der Waals surface area contributed by atoms with Gasteiger partial charge in [0.25, 0.3) is 0 Å². The molecule has 1 heterocycles. The van der Waals surface area contributed by atoms with E-state index in [1.54, 1.807) is 19.1 Å². The molecule has 2 aromatic rings. The number of β-amino-alcohol motifs (C(OH)–C–C–N with tert-alkyl or cyclic N) is 1. The Hall–Kier alpha value is -2.18. The van der Waals surface area contributed by atoms with E-state index in [2.05, 4.69) is 15.9 Å². The van der Waals surface area contributed by atoms with E-state index in [0.29, 0.717) is 5.75 Å². The zero-order valence-electron chi connectivity index (χ0n) is 14.4. The number of rotatable bonds is 6. The molecule has 2 unspecified atom stereocenters. The molecule has 0 saturated carbocycles. The highest BCUT2D eigenvalue weighted by Crippen LogP contribution is 2.36. The summed E-state index contributed by atoms with van der Waals surface area (Å²) in [6, 6.07) is 16.5. The first-order valence-electron chi connectivity index (χ1n) is 8.37. The Kier molecular flexibility index (Phi) is 5.44. The summed E-state index contributed by atoms with van der Waals surface area (Å²) in [5.74, 6) is 0.0630. The molecule has 3 rings (SSSR count). The number of nitrogens with zero attached hydrogens (tertiary/aromatic N) is 1. The zero-order chi connectivity index (χ0) is 18.7. The average molecular weight is 418 g/mol. The molecule has 0 spiro atoms. The van der Waals surface area contributed by atoms with E-state index in [0.717, 1.165) is 14.9 Å². The second kappa shape index (κ2) is 7.60. The molecule has 0 bridgehead atoms. The molecular weight excluding hydrogens is 398 g/mol.